The van der Waals surface area contributed by atoms with Gasteiger partial charge in [-0.2, -0.15) is 0 Å². The highest BCUT2D eigenvalue weighted by Gasteiger charge is 2.28. The molecule has 25 heavy (non-hydrogen) atoms. The van der Waals surface area contributed by atoms with Crippen LogP contribution in [0.4, 0.5) is 0 Å². The summed E-state index contributed by atoms with van der Waals surface area (Å²) >= 11 is 1.52. The van der Waals surface area contributed by atoms with Crippen molar-refractivity contribution in [3.63, 3.8) is 0 Å². The normalized spacial score (nSPS) is 18.0. The van der Waals surface area contributed by atoms with E-state index in [0.717, 1.165) is 55.0 Å². The Hall–Kier alpha value is -1.92. The van der Waals surface area contributed by atoms with Crippen molar-refractivity contribution in [3.8, 4) is 5.75 Å². The molecule has 3 rings (SSSR count). The first-order valence-electron chi connectivity index (χ1n) is 8.82. The summed E-state index contributed by atoms with van der Waals surface area (Å²) < 4.78 is 5.25. The lowest BCUT2D eigenvalue weighted by atomic mass is 10.0. The van der Waals surface area contributed by atoms with Gasteiger partial charge < -0.3 is 15.4 Å². The van der Waals surface area contributed by atoms with E-state index >= 15 is 0 Å². The van der Waals surface area contributed by atoms with E-state index in [0.29, 0.717) is 12.2 Å². The van der Waals surface area contributed by atoms with Crippen molar-refractivity contribution >= 4 is 17.2 Å². The molecule has 5 nitrogen and oxygen atoms in total. The molecular formula is C19H25N3O2S. The molecule has 0 aliphatic carbocycles. The van der Waals surface area contributed by atoms with Crippen LogP contribution in [-0.4, -0.2) is 36.0 Å². The lowest BCUT2D eigenvalue weighted by molar-refractivity contribution is 0.0675. The highest BCUT2D eigenvalue weighted by atomic mass is 32.1. The predicted octanol–water partition coefficient (Wildman–Crippen LogP) is 3.41. The van der Waals surface area contributed by atoms with Gasteiger partial charge in [-0.05, 0) is 37.1 Å². The van der Waals surface area contributed by atoms with Crippen LogP contribution in [-0.2, 0) is 6.42 Å². The number of nitrogens with two attached hydrogens (primary N) is 1. The summed E-state index contributed by atoms with van der Waals surface area (Å²) in [7, 11) is 1.66. The Morgan fingerprint density at radius 1 is 1.32 bits per heavy atom. The number of hydrogen-bond acceptors (Lipinski definition) is 5. The van der Waals surface area contributed by atoms with Gasteiger partial charge in [0.05, 0.1) is 18.2 Å². The van der Waals surface area contributed by atoms with Crippen molar-refractivity contribution in [1.82, 2.24) is 9.88 Å². The fourth-order valence-corrected chi connectivity index (χ4v) is 4.11. The summed E-state index contributed by atoms with van der Waals surface area (Å²) in [5, 5.41) is 2.80. The van der Waals surface area contributed by atoms with E-state index in [1.54, 1.807) is 7.11 Å². The number of rotatable bonds is 5. The highest BCUT2D eigenvalue weighted by molar-refractivity contribution is 7.09. The van der Waals surface area contributed by atoms with Crippen molar-refractivity contribution in [2.75, 3.05) is 20.2 Å². The molecule has 1 amide bonds. The average Bonchev–Trinajstić information content (AvgIpc) is 2.97. The first-order valence-corrected chi connectivity index (χ1v) is 9.70. The molecule has 0 spiro atoms. The average molecular weight is 359 g/mol. The van der Waals surface area contributed by atoms with Crippen molar-refractivity contribution in [1.29, 1.82) is 0 Å². The zero-order valence-electron chi connectivity index (χ0n) is 14.6. The number of carbonyl (C=O) groups is 1. The van der Waals surface area contributed by atoms with Gasteiger partial charge in [0.15, 0.2) is 0 Å². The summed E-state index contributed by atoms with van der Waals surface area (Å²) in [4.78, 5) is 19.6. The van der Waals surface area contributed by atoms with E-state index in [9.17, 15) is 4.79 Å². The SMILES string of the molecule is COc1ccc(C2CCCCCN2C(=O)c2csc(CCN)n2)cc1. The Morgan fingerprint density at radius 3 is 2.84 bits per heavy atom. The van der Waals surface area contributed by atoms with Crippen LogP contribution in [0.1, 0.15) is 52.8 Å². The second-order valence-electron chi connectivity index (χ2n) is 6.30. The molecule has 1 aromatic heterocycles. The van der Waals surface area contributed by atoms with Crippen LogP contribution >= 0.6 is 11.3 Å². The van der Waals surface area contributed by atoms with Gasteiger partial charge in [-0.3, -0.25) is 4.79 Å². The number of thiazole rings is 1. The second-order valence-corrected chi connectivity index (χ2v) is 7.24. The van der Waals surface area contributed by atoms with Gasteiger partial charge in [0.2, 0.25) is 0 Å². The van der Waals surface area contributed by atoms with Gasteiger partial charge in [-0.25, -0.2) is 4.98 Å². The van der Waals surface area contributed by atoms with Crippen molar-refractivity contribution in [3.05, 3.63) is 45.9 Å². The number of aromatic nitrogens is 1. The molecule has 2 N–H and O–H groups in total. The summed E-state index contributed by atoms with van der Waals surface area (Å²) in [6, 6.07) is 8.16. The molecule has 1 aromatic carbocycles. The minimum Gasteiger partial charge on any atom is -0.497 e. The molecule has 0 radical (unpaired) electrons. The molecule has 1 aliphatic rings. The summed E-state index contributed by atoms with van der Waals surface area (Å²) in [5.74, 6) is 0.864. The van der Waals surface area contributed by atoms with Gasteiger partial charge in [0.1, 0.15) is 11.4 Å². The van der Waals surface area contributed by atoms with Crippen molar-refractivity contribution < 1.29 is 9.53 Å². The minimum atomic E-state index is 0.0299. The van der Waals surface area contributed by atoms with E-state index in [4.69, 9.17) is 10.5 Å². The number of likely N-dealkylation sites (tertiary alicyclic amines) is 1. The third-order valence-electron chi connectivity index (χ3n) is 4.64. The number of amides is 1. The number of hydrogen-bond donors (Lipinski definition) is 1. The Morgan fingerprint density at radius 2 is 2.12 bits per heavy atom. The van der Waals surface area contributed by atoms with Crippen LogP contribution in [0.3, 0.4) is 0 Å². The van der Waals surface area contributed by atoms with Gasteiger partial charge in [0.25, 0.3) is 5.91 Å². The van der Waals surface area contributed by atoms with Crippen LogP contribution in [0.2, 0.25) is 0 Å². The number of methoxy groups -OCH3 is 1. The molecule has 1 saturated heterocycles. The van der Waals surface area contributed by atoms with E-state index in [2.05, 4.69) is 17.1 Å². The molecule has 1 atom stereocenters. The van der Waals surface area contributed by atoms with Crippen LogP contribution in [0.5, 0.6) is 5.75 Å². The summed E-state index contributed by atoms with van der Waals surface area (Å²) in [5.41, 5.74) is 7.30. The maximum Gasteiger partial charge on any atom is 0.273 e. The monoisotopic (exact) mass is 359 g/mol. The minimum absolute atomic E-state index is 0.0299. The van der Waals surface area contributed by atoms with Crippen LogP contribution in [0.15, 0.2) is 29.6 Å². The van der Waals surface area contributed by atoms with Crippen LogP contribution in [0, 0.1) is 0 Å². The second kappa shape index (κ2) is 8.45. The molecule has 6 heteroatoms. The van der Waals surface area contributed by atoms with Gasteiger partial charge in [-0.1, -0.05) is 25.0 Å². The van der Waals surface area contributed by atoms with Crippen molar-refractivity contribution in [2.45, 2.75) is 38.1 Å². The standard InChI is InChI=1S/C19H25N3O2S/c1-24-15-8-6-14(7-9-15)17-5-3-2-4-12-22(17)19(23)16-13-25-18(21-16)10-11-20/h6-9,13,17H,2-5,10-12,20H2,1H3. The van der Waals surface area contributed by atoms with Gasteiger partial charge >= 0.3 is 0 Å². The number of nitrogens with zero attached hydrogens (tertiary/aromatic N) is 2. The Kier molecular flexibility index (Phi) is 6.04. The van der Waals surface area contributed by atoms with E-state index in [1.807, 2.05) is 22.4 Å². The highest BCUT2D eigenvalue weighted by Crippen LogP contribution is 2.32. The zero-order chi connectivity index (χ0) is 17.6. The Balaban J connectivity index is 1.84. The Bertz CT molecular complexity index is 699. The lowest BCUT2D eigenvalue weighted by Crippen LogP contribution is -2.35. The maximum absolute atomic E-state index is 13.1. The molecular weight excluding hydrogens is 334 g/mol. The number of benzene rings is 1. The van der Waals surface area contributed by atoms with Gasteiger partial charge in [0, 0.05) is 18.3 Å². The third kappa shape index (κ3) is 4.19. The molecule has 2 heterocycles. The van der Waals surface area contributed by atoms with Crippen molar-refractivity contribution in [2.24, 2.45) is 5.73 Å². The first kappa shape index (κ1) is 17.9. The topological polar surface area (TPSA) is 68.5 Å². The lowest BCUT2D eigenvalue weighted by Gasteiger charge is -2.30. The smallest absolute Gasteiger partial charge is 0.273 e. The molecule has 1 aliphatic heterocycles. The van der Waals surface area contributed by atoms with E-state index in [1.165, 1.54) is 11.3 Å². The Labute approximate surface area is 152 Å². The molecule has 0 bridgehead atoms. The fraction of sp³-hybridized carbons (Fsp3) is 0.474. The largest absolute Gasteiger partial charge is 0.497 e. The number of carbonyl (C=O) groups excluding carboxylic acids is 1. The van der Waals surface area contributed by atoms with E-state index in [-0.39, 0.29) is 11.9 Å². The van der Waals surface area contributed by atoms with Gasteiger partial charge in [-0.15, -0.1) is 11.3 Å². The summed E-state index contributed by atoms with van der Waals surface area (Å²) in [6.45, 7) is 1.33. The fourth-order valence-electron chi connectivity index (χ4n) is 3.32. The quantitative estimate of drug-likeness (QED) is 0.888. The van der Waals surface area contributed by atoms with Crippen LogP contribution in [0.25, 0.3) is 0 Å². The van der Waals surface area contributed by atoms with Crippen LogP contribution < -0.4 is 10.5 Å². The maximum atomic E-state index is 13.1. The molecule has 0 saturated carbocycles. The third-order valence-corrected chi connectivity index (χ3v) is 5.55. The predicted molar refractivity (Wildman–Crippen MR) is 100 cm³/mol. The zero-order valence-corrected chi connectivity index (χ0v) is 15.4. The molecule has 1 unspecified atom stereocenters. The molecule has 1 fully saturated rings. The first-order chi connectivity index (χ1) is 12.2. The molecule has 134 valence electrons. The summed E-state index contributed by atoms with van der Waals surface area (Å²) in [6.07, 6.45) is 5.04. The molecule has 2 aromatic rings. The number of ether oxygens (including phenoxy) is 1. The van der Waals surface area contributed by atoms with E-state index < -0.39 is 0 Å².